The van der Waals surface area contributed by atoms with Gasteiger partial charge in [-0.1, -0.05) is 6.07 Å². The zero-order valence-corrected chi connectivity index (χ0v) is 16.8. The largest absolute Gasteiger partial charge is 0.416 e. The van der Waals surface area contributed by atoms with Crippen molar-refractivity contribution in [3.05, 3.63) is 47.3 Å². The van der Waals surface area contributed by atoms with E-state index in [0.29, 0.717) is 44.2 Å². The van der Waals surface area contributed by atoms with Crippen LogP contribution in [0.2, 0.25) is 0 Å². The number of urea groups is 1. The number of aromatic nitrogens is 3. The van der Waals surface area contributed by atoms with Gasteiger partial charge in [0.05, 0.1) is 5.56 Å². The van der Waals surface area contributed by atoms with Gasteiger partial charge in [-0.2, -0.15) is 18.3 Å². The van der Waals surface area contributed by atoms with Crippen molar-refractivity contribution in [2.75, 3.05) is 26.2 Å². The molecule has 1 unspecified atom stereocenters. The van der Waals surface area contributed by atoms with Crippen LogP contribution in [0.4, 0.5) is 22.4 Å². The molecule has 5 rings (SSSR count). The molecule has 3 aliphatic rings. The minimum Gasteiger partial charge on any atom is -0.324 e. The lowest BCUT2D eigenvalue weighted by atomic mass is 9.56. The first kappa shape index (κ1) is 20.3. The number of nitrogens with zero attached hydrogens (tertiary/aromatic N) is 4. The number of alkyl halides is 3. The fourth-order valence-electron chi connectivity index (χ4n) is 5.44. The molecule has 3 heterocycles. The van der Waals surface area contributed by atoms with Crippen molar-refractivity contribution < 1.29 is 22.4 Å². The van der Waals surface area contributed by atoms with Gasteiger partial charge in [-0.05, 0) is 49.3 Å². The number of H-pyrrole nitrogens is 1. The third-order valence-electron chi connectivity index (χ3n) is 6.93. The normalized spacial score (nSPS) is 23.2. The lowest BCUT2D eigenvalue weighted by Crippen LogP contribution is -2.65. The molecule has 31 heavy (non-hydrogen) atoms. The van der Waals surface area contributed by atoms with Gasteiger partial charge in [-0.3, -0.25) is 5.10 Å². The molecule has 1 atom stereocenters. The average molecular weight is 437 g/mol. The van der Waals surface area contributed by atoms with Gasteiger partial charge in [0.25, 0.3) is 0 Å². The van der Waals surface area contributed by atoms with Gasteiger partial charge in [-0.25, -0.2) is 14.2 Å². The summed E-state index contributed by atoms with van der Waals surface area (Å²) in [6, 6.07) is 2.82. The fourth-order valence-corrected chi connectivity index (χ4v) is 5.44. The summed E-state index contributed by atoms with van der Waals surface area (Å²) in [5, 5.41) is 6.74. The molecule has 2 aliphatic heterocycles. The van der Waals surface area contributed by atoms with E-state index in [1.54, 1.807) is 0 Å². The van der Waals surface area contributed by atoms with Crippen molar-refractivity contribution in [1.29, 1.82) is 0 Å². The van der Waals surface area contributed by atoms with E-state index in [-0.39, 0.29) is 23.3 Å². The third kappa shape index (κ3) is 3.76. The maximum Gasteiger partial charge on any atom is 0.416 e. The number of rotatable bonds is 3. The quantitative estimate of drug-likeness (QED) is 0.743. The molecule has 1 N–H and O–H groups in total. The molecule has 1 aromatic heterocycles. The Morgan fingerprint density at radius 3 is 2.65 bits per heavy atom. The molecular formula is C21H23F4N5O. The van der Waals surface area contributed by atoms with Gasteiger partial charge in [-0.15, -0.1) is 0 Å². The molecule has 1 saturated carbocycles. The van der Waals surface area contributed by atoms with E-state index < -0.39 is 17.6 Å². The molecule has 10 heteroatoms. The lowest BCUT2D eigenvalue weighted by Gasteiger charge is -2.59. The number of nitrogens with one attached hydrogen (secondary N) is 1. The van der Waals surface area contributed by atoms with E-state index in [4.69, 9.17) is 0 Å². The first-order valence-corrected chi connectivity index (χ1v) is 10.5. The highest BCUT2D eigenvalue weighted by molar-refractivity contribution is 5.76. The van der Waals surface area contributed by atoms with E-state index >= 15 is 0 Å². The molecule has 166 valence electrons. The highest BCUT2D eigenvalue weighted by Gasteiger charge is 2.54. The van der Waals surface area contributed by atoms with Gasteiger partial charge in [0.15, 0.2) is 0 Å². The summed E-state index contributed by atoms with van der Waals surface area (Å²) in [6.07, 6.45) is -0.0181. The molecule has 2 amide bonds. The minimum absolute atomic E-state index is 0.0462. The maximum absolute atomic E-state index is 14.1. The fraction of sp³-hybridized carbons (Fsp3) is 0.571. The molecule has 2 saturated heterocycles. The average Bonchev–Trinajstić information content (AvgIpc) is 3.33. The van der Waals surface area contributed by atoms with E-state index in [1.165, 1.54) is 12.4 Å². The Balaban J connectivity index is 1.10. The van der Waals surface area contributed by atoms with Crippen LogP contribution in [0.1, 0.15) is 42.1 Å². The molecule has 3 fully saturated rings. The number of aromatic amines is 1. The van der Waals surface area contributed by atoms with Crippen LogP contribution >= 0.6 is 0 Å². The summed E-state index contributed by atoms with van der Waals surface area (Å²) in [5.74, 6) is 0.448. The van der Waals surface area contributed by atoms with E-state index in [0.717, 1.165) is 31.2 Å². The summed E-state index contributed by atoms with van der Waals surface area (Å²) >= 11 is 0. The van der Waals surface area contributed by atoms with Gasteiger partial charge >= 0.3 is 12.2 Å². The van der Waals surface area contributed by atoms with E-state index in [9.17, 15) is 22.4 Å². The number of benzene rings is 1. The molecule has 1 aromatic carbocycles. The summed E-state index contributed by atoms with van der Waals surface area (Å²) in [7, 11) is 0. The Kier molecular flexibility index (Phi) is 4.71. The van der Waals surface area contributed by atoms with Crippen LogP contribution in [-0.4, -0.2) is 57.2 Å². The van der Waals surface area contributed by atoms with Crippen LogP contribution in [-0.2, 0) is 12.6 Å². The van der Waals surface area contributed by atoms with Gasteiger partial charge in [0.1, 0.15) is 18.0 Å². The molecule has 1 spiro atoms. The van der Waals surface area contributed by atoms with E-state index in [2.05, 4.69) is 15.2 Å². The van der Waals surface area contributed by atoms with Crippen molar-refractivity contribution >= 4 is 6.03 Å². The van der Waals surface area contributed by atoms with Crippen molar-refractivity contribution in [1.82, 2.24) is 25.0 Å². The minimum atomic E-state index is -4.54. The summed E-state index contributed by atoms with van der Waals surface area (Å²) in [5.41, 5.74) is -0.540. The van der Waals surface area contributed by atoms with Crippen LogP contribution in [0, 0.1) is 17.2 Å². The summed E-state index contributed by atoms with van der Waals surface area (Å²) in [4.78, 5) is 20.7. The smallest absolute Gasteiger partial charge is 0.324 e. The Labute approximate surface area is 176 Å². The Morgan fingerprint density at radius 2 is 2.00 bits per heavy atom. The van der Waals surface area contributed by atoms with Crippen LogP contribution < -0.4 is 0 Å². The van der Waals surface area contributed by atoms with E-state index in [1.807, 2.05) is 9.80 Å². The standard InChI is InChI=1S/C21H23F4N5O/c22-17-6-16(21(23,24)25)2-1-14(17)5-13-7-20(8-13)10-30(11-20)19(31)29-4-3-15(9-29)18-26-12-27-28-18/h1-2,6,12-13,15H,3-5,7-11H2,(H,26,27,28). The molecular weight excluding hydrogens is 414 g/mol. The van der Waals surface area contributed by atoms with Crippen molar-refractivity contribution in [3.63, 3.8) is 0 Å². The summed E-state index contributed by atoms with van der Waals surface area (Å²) in [6.45, 7) is 2.72. The second-order valence-electron chi connectivity index (χ2n) is 9.22. The number of carbonyl (C=O) groups is 1. The van der Waals surface area contributed by atoms with Crippen LogP contribution in [0.3, 0.4) is 0 Å². The van der Waals surface area contributed by atoms with Crippen LogP contribution in [0.15, 0.2) is 24.5 Å². The lowest BCUT2D eigenvalue weighted by molar-refractivity contribution is -0.137. The van der Waals surface area contributed by atoms with Crippen molar-refractivity contribution in [3.8, 4) is 0 Å². The van der Waals surface area contributed by atoms with Crippen molar-refractivity contribution in [2.24, 2.45) is 11.3 Å². The Bertz CT molecular complexity index is 963. The highest BCUT2D eigenvalue weighted by atomic mass is 19.4. The first-order chi connectivity index (χ1) is 14.7. The molecule has 2 aromatic rings. The molecule has 0 radical (unpaired) electrons. The number of halogens is 4. The first-order valence-electron chi connectivity index (χ1n) is 10.5. The predicted octanol–water partition coefficient (Wildman–Crippen LogP) is 3.83. The Hall–Kier alpha value is -2.65. The third-order valence-corrected chi connectivity index (χ3v) is 6.93. The number of hydrogen-bond donors (Lipinski definition) is 1. The second kappa shape index (κ2) is 7.20. The molecule has 1 aliphatic carbocycles. The highest BCUT2D eigenvalue weighted by Crippen LogP contribution is 2.53. The number of amides is 2. The number of carbonyl (C=O) groups excluding carboxylic acids is 1. The number of likely N-dealkylation sites (tertiary alicyclic amines) is 2. The zero-order chi connectivity index (χ0) is 21.8. The van der Waals surface area contributed by atoms with Gasteiger partial charge < -0.3 is 9.80 Å². The zero-order valence-electron chi connectivity index (χ0n) is 16.8. The van der Waals surface area contributed by atoms with Gasteiger partial charge in [0, 0.05) is 37.5 Å². The topological polar surface area (TPSA) is 65.1 Å². The molecule has 6 nitrogen and oxygen atoms in total. The molecule has 0 bridgehead atoms. The second-order valence-corrected chi connectivity index (χ2v) is 9.22. The summed E-state index contributed by atoms with van der Waals surface area (Å²) < 4.78 is 52.2. The Morgan fingerprint density at radius 1 is 1.23 bits per heavy atom. The van der Waals surface area contributed by atoms with Crippen LogP contribution in [0.5, 0.6) is 0 Å². The van der Waals surface area contributed by atoms with Crippen LogP contribution in [0.25, 0.3) is 0 Å². The van der Waals surface area contributed by atoms with Gasteiger partial charge in [0.2, 0.25) is 0 Å². The SMILES string of the molecule is O=C(N1CCC(c2ncn[nH]2)C1)N1CC2(CC(Cc3ccc(C(F)(F)F)cc3F)C2)C1. The number of hydrogen-bond acceptors (Lipinski definition) is 3. The maximum atomic E-state index is 14.1. The predicted molar refractivity (Wildman–Crippen MR) is 103 cm³/mol. The van der Waals surface area contributed by atoms with Crippen molar-refractivity contribution in [2.45, 2.75) is 37.8 Å². The monoisotopic (exact) mass is 437 g/mol.